The molecule has 0 atom stereocenters. The van der Waals surface area contributed by atoms with Crippen molar-refractivity contribution >= 4 is 84.1 Å². The van der Waals surface area contributed by atoms with Gasteiger partial charge in [0.2, 0.25) is 0 Å². The van der Waals surface area contributed by atoms with Crippen LogP contribution in [0, 0.1) is 5.41 Å². The minimum atomic E-state index is 0.804. The van der Waals surface area contributed by atoms with Gasteiger partial charge in [-0.05, 0) is 166 Å². The maximum absolute atomic E-state index is 7.75. The lowest BCUT2D eigenvalue weighted by Crippen LogP contribution is -1.96. The number of benzene rings is 7. The first kappa shape index (κ1) is 39.8. The van der Waals surface area contributed by atoms with Crippen molar-refractivity contribution in [3.8, 4) is 33.4 Å². The normalized spacial score (nSPS) is 12.4. The molecule has 0 spiro atoms. The fourth-order valence-electron chi connectivity index (χ4n) is 9.23. The number of fused-ring (bicyclic) bond motifs is 7. The molecule has 0 aliphatic rings. The second kappa shape index (κ2) is 16.8. The van der Waals surface area contributed by atoms with Gasteiger partial charge in [-0.15, -0.1) is 0 Å². The first-order chi connectivity index (χ1) is 30.3. The number of aryl methyl sites for hydroxylation is 1. The number of hydrogen-bond acceptors (Lipinski definition) is 2. The van der Waals surface area contributed by atoms with Crippen molar-refractivity contribution in [1.82, 2.24) is 9.13 Å². The van der Waals surface area contributed by atoms with Crippen LogP contribution in [0.4, 0.5) is 0 Å². The molecule has 0 unspecified atom stereocenters. The molecule has 2 heterocycles. The highest BCUT2D eigenvalue weighted by atomic mass is 15.0. The number of nitrogens with zero attached hydrogens (tertiary/aromatic N) is 2. The van der Waals surface area contributed by atoms with Gasteiger partial charge in [0.15, 0.2) is 0 Å². The first-order valence-electron chi connectivity index (χ1n) is 21.4. The third-order valence-corrected chi connectivity index (χ3v) is 12.1. The lowest BCUT2D eigenvalue weighted by molar-refractivity contribution is 0.925. The van der Waals surface area contributed by atoms with Gasteiger partial charge in [-0.25, -0.2) is 0 Å². The summed E-state index contributed by atoms with van der Waals surface area (Å²) in [6.07, 6.45) is 18.6. The molecule has 0 bridgehead atoms. The Balaban J connectivity index is 1.26. The third kappa shape index (κ3) is 7.00. The largest absolute Gasteiger partial charge is 0.405 e. The summed E-state index contributed by atoms with van der Waals surface area (Å²) < 4.78 is 4.61. The Morgan fingerprint density at radius 1 is 0.645 bits per heavy atom. The van der Waals surface area contributed by atoms with E-state index in [-0.39, 0.29) is 0 Å². The van der Waals surface area contributed by atoms with E-state index in [4.69, 9.17) is 11.1 Å². The van der Waals surface area contributed by atoms with E-state index in [0.29, 0.717) is 0 Å². The molecule has 9 aromatic rings. The van der Waals surface area contributed by atoms with E-state index in [1.807, 2.05) is 25.2 Å². The van der Waals surface area contributed by atoms with Crippen LogP contribution in [0.15, 0.2) is 177 Å². The molecular formula is C58H50N4. The van der Waals surface area contributed by atoms with E-state index in [0.717, 1.165) is 74.1 Å². The molecule has 2 aromatic heterocycles. The lowest BCUT2D eigenvalue weighted by Gasteiger charge is -2.14. The Morgan fingerprint density at radius 2 is 1.29 bits per heavy atom. The maximum Gasteiger partial charge on any atom is 0.0547 e. The molecule has 3 N–H and O–H groups in total. The van der Waals surface area contributed by atoms with Crippen molar-refractivity contribution in [3.63, 3.8) is 0 Å². The monoisotopic (exact) mass is 802 g/mol. The van der Waals surface area contributed by atoms with Gasteiger partial charge < -0.3 is 20.3 Å². The zero-order valence-corrected chi connectivity index (χ0v) is 35.6. The molecule has 7 aromatic carbocycles. The fourth-order valence-corrected chi connectivity index (χ4v) is 9.23. The smallest absolute Gasteiger partial charge is 0.0547 e. The number of aromatic nitrogens is 2. The molecule has 0 saturated carbocycles. The van der Waals surface area contributed by atoms with Crippen LogP contribution in [0.25, 0.3) is 111 Å². The summed E-state index contributed by atoms with van der Waals surface area (Å²) in [5.74, 6) is 0. The summed E-state index contributed by atoms with van der Waals surface area (Å²) in [6.45, 7) is 15.0. The van der Waals surface area contributed by atoms with Gasteiger partial charge in [0.25, 0.3) is 0 Å². The molecule has 0 aliphatic carbocycles. The fraction of sp³-hybridized carbons (Fsp3) is 0.0862. The second-order valence-electron chi connectivity index (χ2n) is 16.0. The molecule has 0 aliphatic heterocycles. The van der Waals surface area contributed by atoms with Gasteiger partial charge >= 0.3 is 0 Å². The van der Waals surface area contributed by atoms with E-state index >= 15 is 0 Å². The number of rotatable bonds is 12. The molecule has 0 fully saturated rings. The summed E-state index contributed by atoms with van der Waals surface area (Å²) in [4.78, 5) is 0. The quantitative estimate of drug-likeness (QED) is 0.0938. The van der Waals surface area contributed by atoms with Crippen molar-refractivity contribution in [1.29, 1.82) is 5.41 Å². The van der Waals surface area contributed by atoms with Crippen molar-refractivity contribution < 1.29 is 0 Å². The Kier molecular flexibility index (Phi) is 10.7. The van der Waals surface area contributed by atoms with Crippen LogP contribution < -0.4 is 5.73 Å². The number of hydrogen-bond donors (Lipinski definition) is 2. The molecule has 0 amide bonds. The number of nitrogens with two attached hydrogens (primary N) is 1. The van der Waals surface area contributed by atoms with Crippen molar-refractivity contribution in [2.45, 2.75) is 33.6 Å². The number of nitrogens with one attached hydrogen (secondary N) is 1. The highest BCUT2D eigenvalue weighted by Gasteiger charge is 2.20. The van der Waals surface area contributed by atoms with Crippen molar-refractivity contribution in [3.05, 3.63) is 194 Å². The molecule has 4 nitrogen and oxygen atoms in total. The SMILES string of the molecule is C=Cc1ccc(-c2ccc3c(c2)c2ccc(-c4cc5c(cc4CCC)c4cc(-c6ccc7ccccc7c6)ccc4n5C(=C)/C=C\C=N)cc2n3/C(C)=C/C=C\N)cc1/C=C\C. The van der Waals surface area contributed by atoms with Gasteiger partial charge in [-0.1, -0.05) is 118 Å². The Hall–Kier alpha value is -7.69. The topological polar surface area (TPSA) is 59.7 Å². The van der Waals surface area contributed by atoms with E-state index in [9.17, 15) is 0 Å². The van der Waals surface area contributed by atoms with Crippen LogP contribution in [0.5, 0.6) is 0 Å². The molecule has 0 radical (unpaired) electrons. The predicted octanol–water partition coefficient (Wildman–Crippen LogP) is 15.7. The van der Waals surface area contributed by atoms with Crippen LogP contribution in [0.2, 0.25) is 0 Å². The van der Waals surface area contributed by atoms with Gasteiger partial charge in [0, 0.05) is 39.2 Å². The van der Waals surface area contributed by atoms with Crippen LogP contribution in [0.3, 0.4) is 0 Å². The van der Waals surface area contributed by atoms with E-state index < -0.39 is 0 Å². The Labute approximate surface area is 363 Å². The van der Waals surface area contributed by atoms with Crippen LogP contribution in [-0.2, 0) is 6.42 Å². The minimum Gasteiger partial charge on any atom is -0.405 e. The average Bonchev–Trinajstić information content (AvgIpc) is 3.80. The molecule has 4 heteroatoms. The average molecular weight is 803 g/mol. The molecule has 302 valence electrons. The van der Waals surface area contributed by atoms with E-state index in [2.05, 4.69) is 182 Å². The molecule has 9 rings (SSSR count). The Morgan fingerprint density at radius 3 is 2.02 bits per heavy atom. The van der Waals surface area contributed by atoms with Gasteiger partial charge in [0.1, 0.15) is 0 Å². The lowest BCUT2D eigenvalue weighted by atomic mass is 9.93. The van der Waals surface area contributed by atoms with Crippen LogP contribution in [0.1, 0.15) is 43.9 Å². The van der Waals surface area contributed by atoms with Crippen molar-refractivity contribution in [2.24, 2.45) is 5.73 Å². The third-order valence-electron chi connectivity index (χ3n) is 12.1. The van der Waals surface area contributed by atoms with Crippen molar-refractivity contribution in [2.75, 3.05) is 0 Å². The van der Waals surface area contributed by atoms with Crippen LogP contribution in [-0.4, -0.2) is 15.3 Å². The van der Waals surface area contributed by atoms with Gasteiger partial charge in [-0.3, -0.25) is 0 Å². The summed E-state index contributed by atoms with van der Waals surface area (Å²) in [6, 6.07) is 47.1. The van der Waals surface area contributed by atoms with E-state index in [1.54, 1.807) is 12.3 Å². The highest BCUT2D eigenvalue weighted by molar-refractivity contribution is 6.15. The molecule has 0 saturated heterocycles. The summed E-state index contributed by atoms with van der Waals surface area (Å²) >= 11 is 0. The summed E-state index contributed by atoms with van der Waals surface area (Å²) in [5, 5.41) is 14.9. The number of allylic oxidation sites excluding steroid dienone is 7. The highest BCUT2D eigenvalue weighted by Crippen LogP contribution is 2.42. The summed E-state index contributed by atoms with van der Waals surface area (Å²) in [7, 11) is 0. The van der Waals surface area contributed by atoms with Gasteiger partial charge in [-0.2, -0.15) is 0 Å². The summed E-state index contributed by atoms with van der Waals surface area (Å²) in [5.41, 5.74) is 22.8. The van der Waals surface area contributed by atoms with Gasteiger partial charge in [0.05, 0.1) is 22.1 Å². The predicted molar refractivity (Wildman–Crippen MR) is 272 cm³/mol. The standard InChI is InChI=1S/C58H50N4/c1-6-13-42-31-44(21-19-40(42)8-3)46-24-27-55-52(33-46)50-26-23-49(36-57(50)61(55)38(4)15-11-29-59)51-37-58-54(35-48(51)14-7-2)53-34-47(25-28-56(53)62(58)39(5)16-12-30-60)45-22-20-41-17-9-10-18-43(41)32-45/h6,8-13,15-37,60H,3,5,7,14,59H2,1-2,4H3/b13-6-,16-12-,29-11-,38-15+,60-30?. The molecular weight excluding hydrogens is 753 g/mol. The van der Waals surface area contributed by atoms with E-state index in [1.165, 1.54) is 60.8 Å². The van der Waals surface area contributed by atoms with Crippen LogP contribution >= 0.6 is 0 Å². The minimum absolute atomic E-state index is 0.804. The second-order valence-corrected chi connectivity index (χ2v) is 16.0. The zero-order valence-electron chi connectivity index (χ0n) is 35.6. The molecule has 62 heavy (non-hydrogen) atoms. The first-order valence-corrected chi connectivity index (χ1v) is 21.4. The maximum atomic E-state index is 7.75. The zero-order chi connectivity index (χ0) is 42.9. The Bertz CT molecular complexity index is 3390.